The molecule has 0 saturated heterocycles. The molecule has 0 bridgehead atoms. The lowest BCUT2D eigenvalue weighted by atomic mass is 9.95. The van der Waals surface area contributed by atoms with Crippen LogP contribution in [-0.4, -0.2) is 40.5 Å². The molecule has 0 fully saturated rings. The van der Waals surface area contributed by atoms with E-state index in [1.165, 1.54) is 11.1 Å². The molecular formula is C16H23NO4. The third-order valence-corrected chi connectivity index (χ3v) is 4.03. The maximum absolute atomic E-state index is 10.7. The van der Waals surface area contributed by atoms with Gasteiger partial charge in [-0.1, -0.05) is 18.2 Å². The summed E-state index contributed by atoms with van der Waals surface area (Å²) in [5.74, 6) is -0.882. The number of aliphatic hydroxyl groups is 2. The van der Waals surface area contributed by atoms with Crippen LogP contribution in [0.25, 0.3) is 0 Å². The minimum absolute atomic E-state index is 0.00883. The first-order valence-corrected chi connectivity index (χ1v) is 7.47. The molecular weight excluding hydrogens is 270 g/mol. The van der Waals surface area contributed by atoms with E-state index >= 15 is 0 Å². The Balaban J connectivity index is 2.08. The maximum atomic E-state index is 10.7. The fourth-order valence-electron chi connectivity index (χ4n) is 2.91. The van der Waals surface area contributed by atoms with E-state index in [0.717, 1.165) is 24.8 Å². The first-order valence-electron chi connectivity index (χ1n) is 7.47. The van der Waals surface area contributed by atoms with E-state index in [2.05, 4.69) is 11.4 Å². The predicted molar refractivity (Wildman–Crippen MR) is 79.2 cm³/mol. The molecule has 116 valence electrons. The fourth-order valence-corrected chi connectivity index (χ4v) is 2.91. The molecule has 1 aliphatic rings. The number of hydrogen-bond donors (Lipinski definition) is 4. The molecule has 0 aromatic heterocycles. The molecule has 4 N–H and O–H groups in total. The van der Waals surface area contributed by atoms with E-state index in [1.807, 2.05) is 12.1 Å². The zero-order chi connectivity index (χ0) is 15.2. The molecule has 0 aliphatic heterocycles. The number of carboxylic acids is 1. The van der Waals surface area contributed by atoms with Gasteiger partial charge in [0.1, 0.15) is 0 Å². The van der Waals surface area contributed by atoms with Crippen molar-refractivity contribution in [1.29, 1.82) is 0 Å². The third-order valence-electron chi connectivity index (χ3n) is 4.03. The van der Waals surface area contributed by atoms with Crippen molar-refractivity contribution in [3.8, 4) is 0 Å². The largest absolute Gasteiger partial charge is 0.481 e. The van der Waals surface area contributed by atoms with Crippen molar-refractivity contribution in [3.63, 3.8) is 0 Å². The molecule has 5 heteroatoms. The number of carbonyl (C=O) groups is 1. The van der Waals surface area contributed by atoms with Gasteiger partial charge in [0.25, 0.3) is 0 Å². The minimum atomic E-state index is -0.882. The Hall–Kier alpha value is -1.43. The first-order chi connectivity index (χ1) is 10.1. The van der Waals surface area contributed by atoms with Crippen LogP contribution in [0.2, 0.25) is 0 Å². The molecule has 5 nitrogen and oxygen atoms in total. The quantitative estimate of drug-likeness (QED) is 0.575. The van der Waals surface area contributed by atoms with Crippen molar-refractivity contribution >= 4 is 5.97 Å². The molecule has 21 heavy (non-hydrogen) atoms. The van der Waals surface area contributed by atoms with Gasteiger partial charge in [0.15, 0.2) is 0 Å². The number of rotatable bonds is 8. The van der Waals surface area contributed by atoms with Crippen LogP contribution in [0.3, 0.4) is 0 Å². The highest BCUT2D eigenvalue weighted by molar-refractivity contribution is 5.66. The molecule has 2 atom stereocenters. The number of nitrogens with one attached hydrogen (secondary N) is 1. The fraction of sp³-hybridized carbons (Fsp3) is 0.562. The zero-order valence-corrected chi connectivity index (χ0v) is 12.1. The van der Waals surface area contributed by atoms with Gasteiger partial charge in [-0.3, -0.25) is 4.79 Å². The van der Waals surface area contributed by atoms with Crippen molar-refractivity contribution in [2.45, 2.75) is 44.2 Å². The van der Waals surface area contributed by atoms with Gasteiger partial charge in [0, 0.05) is 19.0 Å². The van der Waals surface area contributed by atoms with Gasteiger partial charge in [0.05, 0.1) is 12.7 Å². The molecule has 0 spiro atoms. The number of hydrogen-bond acceptors (Lipinski definition) is 4. The van der Waals surface area contributed by atoms with Crippen molar-refractivity contribution < 1.29 is 20.1 Å². The Morgan fingerprint density at radius 1 is 1.29 bits per heavy atom. The summed E-state index contributed by atoms with van der Waals surface area (Å²) in [6, 6.07) is 5.64. The van der Waals surface area contributed by atoms with Crippen LogP contribution in [0, 0.1) is 0 Å². The van der Waals surface area contributed by atoms with Crippen LogP contribution in [0.4, 0.5) is 0 Å². The zero-order valence-electron chi connectivity index (χ0n) is 12.1. The minimum Gasteiger partial charge on any atom is -0.481 e. The van der Waals surface area contributed by atoms with E-state index in [-0.39, 0.29) is 19.1 Å². The SMILES string of the molecule is O=C(O)CCC(NCCO)C(O)c1ccc2c(c1)CCC2. The van der Waals surface area contributed by atoms with Gasteiger partial charge in [-0.2, -0.15) is 0 Å². The standard InChI is InChI=1S/C16H23NO4/c18-9-8-17-14(6-7-15(19)20)16(21)13-5-4-11-2-1-3-12(11)10-13/h4-5,10,14,16-18,21H,1-3,6-9H2,(H,19,20). The molecule has 0 heterocycles. The van der Waals surface area contributed by atoms with Gasteiger partial charge in [0.2, 0.25) is 0 Å². The highest BCUT2D eigenvalue weighted by Gasteiger charge is 2.22. The molecule has 2 unspecified atom stereocenters. The Labute approximate surface area is 124 Å². The highest BCUT2D eigenvalue weighted by Crippen LogP contribution is 2.27. The summed E-state index contributed by atoms with van der Waals surface area (Å²) in [4.78, 5) is 10.7. The van der Waals surface area contributed by atoms with Crippen LogP contribution >= 0.6 is 0 Å². The molecule has 1 aromatic carbocycles. The average molecular weight is 293 g/mol. The molecule has 1 aromatic rings. The number of benzene rings is 1. The van der Waals surface area contributed by atoms with Crippen LogP contribution < -0.4 is 5.32 Å². The number of fused-ring (bicyclic) bond motifs is 1. The molecule has 0 radical (unpaired) electrons. The smallest absolute Gasteiger partial charge is 0.303 e. The van der Waals surface area contributed by atoms with Gasteiger partial charge in [-0.05, 0) is 42.4 Å². The topological polar surface area (TPSA) is 89.8 Å². The monoisotopic (exact) mass is 293 g/mol. The van der Waals surface area contributed by atoms with Crippen molar-refractivity contribution in [2.75, 3.05) is 13.2 Å². The Morgan fingerprint density at radius 3 is 2.76 bits per heavy atom. The normalized spacial score (nSPS) is 16.5. The van der Waals surface area contributed by atoms with E-state index in [9.17, 15) is 9.90 Å². The summed E-state index contributed by atoms with van der Waals surface area (Å²) in [6.45, 7) is 0.298. The lowest BCUT2D eigenvalue weighted by Gasteiger charge is -2.24. The van der Waals surface area contributed by atoms with Crippen LogP contribution in [-0.2, 0) is 17.6 Å². The van der Waals surface area contributed by atoms with E-state index < -0.39 is 12.1 Å². The van der Waals surface area contributed by atoms with Crippen molar-refractivity contribution in [2.24, 2.45) is 0 Å². The summed E-state index contributed by atoms with van der Waals surface area (Å²) < 4.78 is 0. The third kappa shape index (κ3) is 4.27. The van der Waals surface area contributed by atoms with Crippen molar-refractivity contribution in [3.05, 3.63) is 34.9 Å². The molecule has 0 amide bonds. The summed E-state index contributed by atoms with van der Waals surface area (Å²) >= 11 is 0. The first kappa shape index (κ1) is 15.9. The van der Waals surface area contributed by atoms with Gasteiger partial charge < -0.3 is 20.6 Å². The molecule has 1 aliphatic carbocycles. The second kappa shape index (κ2) is 7.54. The van der Waals surface area contributed by atoms with E-state index in [1.54, 1.807) is 0 Å². The predicted octanol–water partition coefficient (Wildman–Crippen LogP) is 1.02. The van der Waals surface area contributed by atoms with E-state index in [0.29, 0.717) is 13.0 Å². The van der Waals surface area contributed by atoms with Crippen LogP contribution in [0.1, 0.15) is 42.1 Å². The average Bonchev–Trinajstić information content (AvgIpc) is 2.93. The maximum Gasteiger partial charge on any atom is 0.303 e. The Morgan fingerprint density at radius 2 is 2.05 bits per heavy atom. The Kier molecular flexibility index (Phi) is 5.73. The highest BCUT2D eigenvalue weighted by atomic mass is 16.4. The lowest BCUT2D eigenvalue weighted by molar-refractivity contribution is -0.137. The van der Waals surface area contributed by atoms with Crippen LogP contribution in [0.5, 0.6) is 0 Å². The molecule has 2 rings (SSSR count). The van der Waals surface area contributed by atoms with Crippen LogP contribution in [0.15, 0.2) is 18.2 Å². The number of carboxylic acid groups (broad SMARTS) is 1. The second-order valence-electron chi connectivity index (χ2n) is 5.54. The van der Waals surface area contributed by atoms with Crippen molar-refractivity contribution in [1.82, 2.24) is 5.32 Å². The summed E-state index contributed by atoms with van der Waals surface area (Å²) in [5.41, 5.74) is 3.44. The summed E-state index contributed by atoms with van der Waals surface area (Å²) in [6.07, 6.45) is 2.84. The summed E-state index contributed by atoms with van der Waals surface area (Å²) in [5, 5.41) is 31.3. The van der Waals surface area contributed by atoms with Gasteiger partial charge in [-0.15, -0.1) is 0 Å². The summed E-state index contributed by atoms with van der Waals surface area (Å²) in [7, 11) is 0. The number of aryl methyl sites for hydroxylation is 2. The van der Waals surface area contributed by atoms with Gasteiger partial charge >= 0.3 is 5.97 Å². The molecule has 0 saturated carbocycles. The van der Waals surface area contributed by atoms with E-state index in [4.69, 9.17) is 10.2 Å². The lowest BCUT2D eigenvalue weighted by Crippen LogP contribution is -2.37. The second-order valence-corrected chi connectivity index (χ2v) is 5.54. The Bertz CT molecular complexity index is 489. The van der Waals surface area contributed by atoms with Gasteiger partial charge in [-0.25, -0.2) is 0 Å². The number of aliphatic hydroxyl groups excluding tert-OH is 2. The number of aliphatic carboxylic acids is 1.